The van der Waals surface area contributed by atoms with E-state index in [2.05, 4.69) is 4.90 Å². The monoisotopic (exact) mass is 325 g/mol. The predicted octanol–water partition coefficient (Wildman–Crippen LogP) is -0.393. The van der Waals surface area contributed by atoms with E-state index in [1.54, 1.807) is 0 Å². The lowest BCUT2D eigenvalue weighted by Gasteiger charge is -2.39. The van der Waals surface area contributed by atoms with Crippen LogP contribution in [-0.4, -0.2) is 70.1 Å². The van der Waals surface area contributed by atoms with Gasteiger partial charge in [-0.15, -0.1) is 0 Å². The third kappa shape index (κ3) is 2.38. The lowest BCUT2D eigenvalue weighted by atomic mass is 9.76. The molecule has 3 aliphatic heterocycles. The zero-order chi connectivity index (χ0) is 17.0. The first-order chi connectivity index (χ1) is 10.7. The highest BCUT2D eigenvalue weighted by Gasteiger charge is 2.56. The number of carbonyl (C=O) groups is 2. The van der Waals surface area contributed by atoms with Crippen molar-refractivity contribution in [2.45, 2.75) is 50.5 Å². The average Bonchev–Trinajstić information content (AvgIpc) is 3.06. The minimum Gasteiger partial charge on any atom is -0.460 e. The van der Waals surface area contributed by atoms with E-state index in [-0.39, 0.29) is 18.8 Å². The maximum Gasteiger partial charge on any atom is 0.341 e. The normalized spacial score (nSPS) is 44.9. The van der Waals surface area contributed by atoms with Gasteiger partial charge in [0.25, 0.3) is 0 Å². The van der Waals surface area contributed by atoms with Crippen LogP contribution in [0.3, 0.4) is 0 Å². The highest BCUT2D eigenvalue weighted by molar-refractivity contribution is 5.83. The van der Waals surface area contributed by atoms with Crippen molar-refractivity contribution in [3.63, 3.8) is 0 Å². The first kappa shape index (κ1) is 16.4. The van der Waals surface area contributed by atoms with E-state index in [4.69, 9.17) is 9.47 Å². The van der Waals surface area contributed by atoms with Crippen LogP contribution < -0.4 is 0 Å². The molecule has 7 nitrogen and oxygen atoms in total. The van der Waals surface area contributed by atoms with Gasteiger partial charge in [0, 0.05) is 13.1 Å². The summed E-state index contributed by atoms with van der Waals surface area (Å²) in [6.45, 7) is 5.41. The predicted molar refractivity (Wildman–Crippen MR) is 79.3 cm³/mol. The second-order valence-electron chi connectivity index (χ2n) is 7.00. The lowest BCUT2D eigenvalue weighted by molar-refractivity contribution is -0.205. The van der Waals surface area contributed by atoms with Crippen molar-refractivity contribution in [3.05, 3.63) is 11.6 Å². The Morgan fingerprint density at radius 2 is 2.00 bits per heavy atom. The Bertz CT molecular complexity index is 567. The maximum atomic E-state index is 12.4. The zero-order valence-electron chi connectivity index (χ0n) is 13.6. The van der Waals surface area contributed by atoms with Gasteiger partial charge in [-0.3, -0.25) is 9.69 Å². The molecule has 0 saturated carbocycles. The van der Waals surface area contributed by atoms with Crippen molar-refractivity contribution in [3.8, 4) is 0 Å². The number of hydrogen-bond donors (Lipinski definition) is 2. The van der Waals surface area contributed by atoms with Crippen molar-refractivity contribution < 1.29 is 29.3 Å². The molecular formula is C16H23NO6. The fourth-order valence-corrected chi connectivity index (χ4v) is 3.52. The number of cyclic esters (lactones) is 1. The van der Waals surface area contributed by atoms with E-state index in [1.807, 2.05) is 6.08 Å². The minimum absolute atomic E-state index is 0.0225. The Hall–Kier alpha value is -1.44. The number of rotatable bonds is 0. The minimum atomic E-state index is -2.22. The molecule has 0 amide bonds. The number of ether oxygens (including phenoxy) is 2. The summed E-state index contributed by atoms with van der Waals surface area (Å²) in [7, 11) is 0. The third-order valence-electron chi connectivity index (χ3n) is 5.63. The summed E-state index contributed by atoms with van der Waals surface area (Å²) in [6, 6.07) is -0.0908. The summed E-state index contributed by atoms with van der Waals surface area (Å²) in [5, 5.41) is 21.1. The maximum absolute atomic E-state index is 12.4. The summed E-state index contributed by atoms with van der Waals surface area (Å²) in [5.74, 6) is -2.65. The Morgan fingerprint density at radius 1 is 1.30 bits per heavy atom. The molecule has 0 spiro atoms. The van der Waals surface area contributed by atoms with Crippen LogP contribution >= 0.6 is 0 Å². The number of nitrogens with zero attached hydrogens (tertiary/aromatic N) is 1. The molecule has 5 atom stereocenters. The first-order valence-electron chi connectivity index (χ1n) is 7.91. The molecule has 2 fully saturated rings. The van der Waals surface area contributed by atoms with Crippen molar-refractivity contribution >= 4 is 11.9 Å². The smallest absolute Gasteiger partial charge is 0.341 e. The van der Waals surface area contributed by atoms with Crippen LogP contribution in [0.1, 0.15) is 27.2 Å². The van der Waals surface area contributed by atoms with Crippen LogP contribution in [0.2, 0.25) is 0 Å². The summed E-state index contributed by atoms with van der Waals surface area (Å²) in [4.78, 5) is 26.9. The van der Waals surface area contributed by atoms with Gasteiger partial charge in [-0.1, -0.05) is 6.08 Å². The number of esters is 2. The highest BCUT2D eigenvalue weighted by Crippen LogP contribution is 2.36. The van der Waals surface area contributed by atoms with Crippen LogP contribution in [0.5, 0.6) is 0 Å². The molecule has 0 radical (unpaired) electrons. The van der Waals surface area contributed by atoms with Crippen molar-refractivity contribution in [1.82, 2.24) is 4.90 Å². The summed E-state index contributed by atoms with van der Waals surface area (Å²) in [5.41, 5.74) is -3.35. The van der Waals surface area contributed by atoms with Crippen molar-refractivity contribution in [1.29, 1.82) is 0 Å². The Kier molecular flexibility index (Phi) is 3.78. The Morgan fingerprint density at radius 3 is 2.70 bits per heavy atom. The van der Waals surface area contributed by atoms with Crippen molar-refractivity contribution in [2.75, 3.05) is 19.7 Å². The van der Waals surface area contributed by atoms with E-state index in [1.165, 1.54) is 13.8 Å². The van der Waals surface area contributed by atoms with Crippen LogP contribution in [0.15, 0.2) is 11.6 Å². The van der Waals surface area contributed by atoms with Crippen molar-refractivity contribution in [2.24, 2.45) is 5.92 Å². The van der Waals surface area contributed by atoms with Crippen LogP contribution in [0, 0.1) is 5.92 Å². The molecular weight excluding hydrogens is 302 g/mol. The van der Waals surface area contributed by atoms with Crippen LogP contribution in [0.4, 0.5) is 0 Å². The standard InChI is InChI=1S/C16H23NO6/c1-9-13(18)23-11-5-7-17-6-4-10(12(11)17)8-22-14(19)16(3,21)15(9,2)20/h4,9,11-12,20-21H,5-8H2,1-3H3/t9-,11-,12+,15+,16+/m1/s1. The summed E-state index contributed by atoms with van der Waals surface area (Å²) >= 11 is 0. The topological polar surface area (TPSA) is 96.3 Å². The molecule has 128 valence electrons. The quantitative estimate of drug-likeness (QED) is 0.462. The molecule has 23 heavy (non-hydrogen) atoms. The van der Waals surface area contributed by atoms with Gasteiger partial charge >= 0.3 is 11.9 Å². The van der Waals surface area contributed by atoms with Gasteiger partial charge in [-0.25, -0.2) is 4.79 Å². The van der Waals surface area contributed by atoms with Gasteiger partial charge in [0.1, 0.15) is 18.3 Å². The molecule has 3 rings (SSSR count). The zero-order valence-corrected chi connectivity index (χ0v) is 13.6. The van der Waals surface area contributed by atoms with Gasteiger partial charge in [0.15, 0.2) is 5.60 Å². The first-order valence-corrected chi connectivity index (χ1v) is 7.91. The largest absolute Gasteiger partial charge is 0.460 e. The van der Waals surface area contributed by atoms with Gasteiger partial charge in [-0.2, -0.15) is 0 Å². The molecule has 0 aromatic rings. The van der Waals surface area contributed by atoms with Gasteiger partial charge in [-0.05, 0) is 32.8 Å². The number of carbonyl (C=O) groups excluding carboxylic acids is 2. The van der Waals surface area contributed by atoms with E-state index in [9.17, 15) is 19.8 Å². The lowest BCUT2D eigenvalue weighted by Crippen LogP contribution is -2.61. The molecule has 2 saturated heterocycles. The molecule has 0 aliphatic carbocycles. The molecule has 7 heteroatoms. The molecule has 2 N–H and O–H groups in total. The molecule has 0 unspecified atom stereocenters. The van der Waals surface area contributed by atoms with Gasteiger partial charge in [0.05, 0.1) is 12.0 Å². The van der Waals surface area contributed by atoms with Gasteiger partial charge < -0.3 is 19.7 Å². The fourth-order valence-electron chi connectivity index (χ4n) is 3.52. The molecule has 0 aromatic heterocycles. The van der Waals surface area contributed by atoms with E-state index < -0.39 is 29.1 Å². The van der Waals surface area contributed by atoms with Crippen LogP contribution in [-0.2, 0) is 19.1 Å². The van der Waals surface area contributed by atoms with Gasteiger partial charge in [0.2, 0.25) is 0 Å². The van der Waals surface area contributed by atoms with E-state index >= 15 is 0 Å². The second-order valence-corrected chi connectivity index (χ2v) is 7.00. The molecule has 0 aromatic carbocycles. The van der Waals surface area contributed by atoms with E-state index in [0.717, 1.165) is 25.6 Å². The Labute approximate surface area is 134 Å². The van der Waals surface area contributed by atoms with Crippen LogP contribution in [0.25, 0.3) is 0 Å². The number of aliphatic hydroxyl groups is 2. The molecule has 0 bridgehead atoms. The Balaban J connectivity index is 1.97. The summed E-state index contributed by atoms with van der Waals surface area (Å²) < 4.78 is 10.8. The molecule has 3 heterocycles. The number of hydrogen-bond acceptors (Lipinski definition) is 7. The molecule has 3 aliphatic rings. The highest BCUT2D eigenvalue weighted by atomic mass is 16.6. The third-order valence-corrected chi connectivity index (χ3v) is 5.63. The summed E-state index contributed by atoms with van der Waals surface area (Å²) in [6.07, 6.45) is 2.34. The van der Waals surface area contributed by atoms with E-state index in [0.29, 0.717) is 6.42 Å². The fraction of sp³-hybridized carbons (Fsp3) is 0.750. The SMILES string of the molecule is C[C@@H]1C(=O)O[C@@H]2CCN3CC=C(COC(=O)[C@](C)(O)[C@@]1(C)O)[C@@H]23. The second kappa shape index (κ2) is 5.29. The average molecular weight is 325 g/mol.